The van der Waals surface area contributed by atoms with Gasteiger partial charge in [-0.2, -0.15) is 0 Å². The zero-order valence-electron chi connectivity index (χ0n) is 9.69. The average molecular weight is 274 g/mol. The third-order valence-corrected chi connectivity index (χ3v) is 5.11. The number of sulfone groups is 1. The quantitative estimate of drug-likeness (QED) is 0.918. The van der Waals surface area contributed by atoms with E-state index in [0.29, 0.717) is 17.2 Å². The Morgan fingerprint density at radius 2 is 2.00 bits per heavy atom. The van der Waals surface area contributed by atoms with Crippen LogP contribution in [0.4, 0.5) is 0 Å². The van der Waals surface area contributed by atoms with Crippen LogP contribution in [0.5, 0.6) is 0 Å². The molecule has 0 aliphatic carbocycles. The third-order valence-electron chi connectivity index (χ3n) is 3.09. The topological polar surface area (TPSA) is 46.2 Å². The second-order valence-electron chi connectivity index (χ2n) is 4.54. The van der Waals surface area contributed by atoms with E-state index in [-0.39, 0.29) is 17.8 Å². The Kier molecular flexibility index (Phi) is 3.76. The van der Waals surface area contributed by atoms with Gasteiger partial charge < -0.3 is 5.32 Å². The molecular formula is C12H16ClNO2S. The average Bonchev–Trinajstić information content (AvgIpc) is 2.59. The molecular weight excluding hydrogens is 258 g/mol. The highest BCUT2D eigenvalue weighted by atomic mass is 35.5. The fourth-order valence-electron chi connectivity index (χ4n) is 2.13. The summed E-state index contributed by atoms with van der Waals surface area (Å²) in [5.74, 6) is 0.558. The van der Waals surface area contributed by atoms with E-state index in [0.717, 1.165) is 5.56 Å². The molecule has 0 bridgehead atoms. The maximum atomic E-state index is 11.3. The van der Waals surface area contributed by atoms with Gasteiger partial charge in [0, 0.05) is 17.1 Å². The van der Waals surface area contributed by atoms with Gasteiger partial charge in [-0.1, -0.05) is 23.7 Å². The number of halogens is 1. The zero-order valence-corrected chi connectivity index (χ0v) is 11.3. The predicted molar refractivity (Wildman–Crippen MR) is 70.1 cm³/mol. The summed E-state index contributed by atoms with van der Waals surface area (Å²) >= 11 is 5.82. The van der Waals surface area contributed by atoms with Crippen LogP contribution in [0.15, 0.2) is 24.3 Å². The molecule has 1 aromatic rings. The van der Waals surface area contributed by atoms with Crippen molar-refractivity contribution in [2.45, 2.75) is 25.4 Å². The lowest BCUT2D eigenvalue weighted by Crippen LogP contribution is -2.32. The number of hydrogen-bond donors (Lipinski definition) is 1. The highest BCUT2D eigenvalue weighted by molar-refractivity contribution is 7.91. The molecule has 0 amide bonds. The molecule has 1 N–H and O–H groups in total. The van der Waals surface area contributed by atoms with Crippen molar-refractivity contribution < 1.29 is 8.42 Å². The molecule has 2 atom stereocenters. The molecule has 0 aromatic heterocycles. The summed E-state index contributed by atoms with van der Waals surface area (Å²) in [6.45, 7) is 2.04. The number of rotatable bonds is 3. The van der Waals surface area contributed by atoms with Gasteiger partial charge in [-0.05, 0) is 31.0 Å². The van der Waals surface area contributed by atoms with Crippen molar-refractivity contribution in [1.82, 2.24) is 5.32 Å². The van der Waals surface area contributed by atoms with E-state index in [1.54, 1.807) is 0 Å². The summed E-state index contributed by atoms with van der Waals surface area (Å²) in [6.07, 6.45) is 0.709. The van der Waals surface area contributed by atoms with Gasteiger partial charge in [0.1, 0.15) is 0 Å². The molecule has 0 radical (unpaired) electrons. The van der Waals surface area contributed by atoms with Crippen LogP contribution in [-0.2, 0) is 9.84 Å². The van der Waals surface area contributed by atoms with E-state index < -0.39 is 9.84 Å². The van der Waals surface area contributed by atoms with Gasteiger partial charge in [0.05, 0.1) is 11.5 Å². The Bertz CT molecular complexity index is 484. The fourth-order valence-corrected chi connectivity index (χ4v) is 3.94. The summed E-state index contributed by atoms with van der Waals surface area (Å²) < 4.78 is 22.7. The van der Waals surface area contributed by atoms with Gasteiger partial charge >= 0.3 is 0 Å². The van der Waals surface area contributed by atoms with Crippen molar-refractivity contribution in [1.29, 1.82) is 0 Å². The van der Waals surface area contributed by atoms with E-state index in [9.17, 15) is 8.42 Å². The smallest absolute Gasteiger partial charge is 0.151 e. The molecule has 2 unspecified atom stereocenters. The molecule has 1 heterocycles. The van der Waals surface area contributed by atoms with Crippen LogP contribution < -0.4 is 5.32 Å². The van der Waals surface area contributed by atoms with Crippen LogP contribution in [-0.4, -0.2) is 26.0 Å². The van der Waals surface area contributed by atoms with E-state index in [1.807, 2.05) is 31.2 Å². The van der Waals surface area contributed by atoms with Crippen molar-refractivity contribution in [3.63, 3.8) is 0 Å². The monoisotopic (exact) mass is 273 g/mol. The second-order valence-corrected chi connectivity index (χ2v) is 7.21. The molecule has 0 spiro atoms. The minimum absolute atomic E-state index is 0.0747. The lowest BCUT2D eigenvalue weighted by atomic mass is 10.1. The van der Waals surface area contributed by atoms with Crippen LogP contribution in [0.25, 0.3) is 0 Å². The van der Waals surface area contributed by atoms with Gasteiger partial charge in [0.2, 0.25) is 0 Å². The Hall–Kier alpha value is -0.580. The first-order chi connectivity index (χ1) is 7.96. The molecule has 3 nitrogen and oxygen atoms in total. The number of benzene rings is 1. The normalized spacial score (nSPS) is 24.7. The van der Waals surface area contributed by atoms with Crippen LogP contribution in [0.1, 0.15) is 24.9 Å². The summed E-state index contributed by atoms with van der Waals surface area (Å²) in [4.78, 5) is 0. The Morgan fingerprint density at radius 3 is 2.53 bits per heavy atom. The standard InChI is InChI=1S/C12H16ClNO2S/c1-9(10-2-4-11(13)5-3-10)14-12-6-7-17(15,16)8-12/h2-5,9,12,14H,6-8H2,1H3. The first kappa shape index (κ1) is 12.9. The van der Waals surface area contributed by atoms with Gasteiger partial charge in [-0.25, -0.2) is 8.42 Å². The lowest BCUT2D eigenvalue weighted by Gasteiger charge is -2.18. The first-order valence-electron chi connectivity index (χ1n) is 5.68. The van der Waals surface area contributed by atoms with Gasteiger partial charge in [0.25, 0.3) is 0 Å². The van der Waals surface area contributed by atoms with Crippen LogP contribution in [0.2, 0.25) is 5.02 Å². The van der Waals surface area contributed by atoms with Crippen LogP contribution >= 0.6 is 11.6 Å². The minimum atomic E-state index is -2.81. The van der Waals surface area contributed by atoms with Gasteiger partial charge in [0.15, 0.2) is 9.84 Å². The van der Waals surface area contributed by atoms with E-state index in [4.69, 9.17) is 11.6 Å². The number of hydrogen-bond acceptors (Lipinski definition) is 3. The summed E-state index contributed by atoms with van der Waals surface area (Å²) in [6, 6.07) is 7.84. The summed E-state index contributed by atoms with van der Waals surface area (Å²) in [5, 5.41) is 4.06. The molecule has 94 valence electrons. The Morgan fingerprint density at radius 1 is 1.35 bits per heavy atom. The summed E-state index contributed by atoms with van der Waals surface area (Å²) in [7, 11) is -2.81. The largest absolute Gasteiger partial charge is 0.306 e. The SMILES string of the molecule is CC(NC1CCS(=O)(=O)C1)c1ccc(Cl)cc1. The molecule has 1 fully saturated rings. The van der Waals surface area contributed by atoms with Crippen LogP contribution in [0, 0.1) is 0 Å². The molecule has 1 aromatic carbocycles. The molecule has 2 rings (SSSR count). The predicted octanol–water partition coefficient (Wildman–Crippen LogP) is 2.18. The Balaban J connectivity index is 1.98. The Labute approximate surface area is 107 Å². The maximum absolute atomic E-state index is 11.3. The third kappa shape index (κ3) is 3.44. The molecule has 1 saturated heterocycles. The van der Waals surface area contributed by atoms with Crippen molar-refractivity contribution in [3.8, 4) is 0 Å². The second kappa shape index (κ2) is 4.96. The molecule has 17 heavy (non-hydrogen) atoms. The van der Waals surface area contributed by atoms with Crippen molar-refractivity contribution in [2.75, 3.05) is 11.5 Å². The lowest BCUT2D eigenvalue weighted by molar-refractivity contribution is 0.485. The zero-order chi connectivity index (χ0) is 12.5. The van der Waals surface area contributed by atoms with Gasteiger partial charge in [-0.15, -0.1) is 0 Å². The molecule has 1 aliphatic heterocycles. The highest BCUT2D eigenvalue weighted by Gasteiger charge is 2.28. The van der Waals surface area contributed by atoms with Crippen molar-refractivity contribution in [3.05, 3.63) is 34.9 Å². The highest BCUT2D eigenvalue weighted by Crippen LogP contribution is 2.19. The van der Waals surface area contributed by atoms with Crippen molar-refractivity contribution >= 4 is 21.4 Å². The van der Waals surface area contributed by atoms with E-state index in [1.165, 1.54) is 0 Å². The van der Waals surface area contributed by atoms with Crippen LogP contribution in [0.3, 0.4) is 0 Å². The van der Waals surface area contributed by atoms with Gasteiger partial charge in [-0.3, -0.25) is 0 Å². The molecule has 0 saturated carbocycles. The fraction of sp³-hybridized carbons (Fsp3) is 0.500. The van der Waals surface area contributed by atoms with E-state index in [2.05, 4.69) is 5.32 Å². The molecule has 1 aliphatic rings. The minimum Gasteiger partial charge on any atom is -0.306 e. The molecule has 5 heteroatoms. The number of nitrogens with one attached hydrogen (secondary N) is 1. The maximum Gasteiger partial charge on any atom is 0.151 e. The van der Waals surface area contributed by atoms with E-state index >= 15 is 0 Å². The summed E-state index contributed by atoms with van der Waals surface area (Å²) in [5.41, 5.74) is 1.12. The van der Waals surface area contributed by atoms with Crippen molar-refractivity contribution in [2.24, 2.45) is 0 Å². The first-order valence-corrected chi connectivity index (χ1v) is 7.88.